The van der Waals surface area contributed by atoms with Crippen LogP contribution in [0, 0.1) is 5.92 Å². The Morgan fingerprint density at radius 1 is 1.23 bits per heavy atom. The molecule has 3 aliphatic rings. The third-order valence-corrected chi connectivity index (χ3v) is 6.93. The molecule has 26 heavy (non-hydrogen) atoms. The van der Waals surface area contributed by atoms with E-state index in [-0.39, 0.29) is 5.75 Å². The molecule has 3 rings (SSSR count). The number of guanidine groups is 1. The first-order valence-corrected chi connectivity index (χ1v) is 11.6. The molecule has 7 nitrogen and oxygen atoms in total. The zero-order chi connectivity index (χ0) is 18.4. The molecule has 2 fully saturated rings. The predicted octanol–water partition coefficient (Wildman–Crippen LogP) is 0.618. The molecule has 0 aromatic carbocycles. The Kier molecular flexibility index (Phi) is 6.94. The fourth-order valence-electron chi connectivity index (χ4n) is 3.74. The van der Waals surface area contributed by atoms with Crippen LogP contribution in [0.2, 0.25) is 0 Å². The van der Waals surface area contributed by atoms with Gasteiger partial charge in [-0.2, -0.15) is 0 Å². The van der Waals surface area contributed by atoms with Gasteiger partial charge in [-0.1, -0.05) is 18.6 Å². The molecule has 2 N–H and O–H groups in total. The Hall–Kier alpha value is -1.12. The Morgan fingerprint density at radius 2 is 2.00 bits per heavy atom. The predicted molar refractivity (Wildman–Crippen MR) is 106 cm³/mol. The van der Waals surface area contributed by atoms with E-state index in [9.17, 15) is 8.42 Å². The Labute approximate surface area is 158 Å². The molecule has 2 aliphatic heterocycles. The number of nitrogens with one attached hydrogen (secondary N) is 2. The summed E-state index contributed by atoms with van der Waals surface area (Å²) in [7, 11) is -3.23. The van der Waals surface area contributed by atoms with Crippen LogP contribution in [0.3, 0.4) is 0 Å². The van der Waals surface area contributed by atoms with Gasteiger partial charge in [-0.3, -0.25) is 9.89 Å². The van der Waals surface area contributed by atoms with Crippen molar-refractivity contribution in [3.63, 3.8) is 0 Å². The fourth-order valence-corrected chi connectivity index (χ4v) is 4.70. The molecular weight excluding hydrogens is 350 g/mol. The fraction of sp³-hybridized carbons (Fsp3) is 0.833. The number of aliphatic imine (C=N–C) groups is 1. The summed E-state index contributed by atoms with van der Waals surface area (Å²) >= 11 is 0. The normalized spacial score (nSPS) is 25.0. The Morgan fingerprint density at radius 3 is 2.65 bits per heavy atom. The van der Waals surface area contributed by atoms with Crippen LogP contribution < -0.4 is 10.0 Å². The minimum atomic E-state index is -3.23. The van der Waals surface area contributed by atoms with Gasteiger partial charge < -0.3 is 10.2 Å². The maximum Gasteiger partial charge on any atom is 0.213 e. The van der Waals surface area contributed by atoms with Crippen LogP contribution in [-0.2, 0) is 10.0 Å². The number of hydrogen-bond donors (Lipinski definition) is 2. The summed E-state index contributed by atoms with van der Waals surface area (Å²) in [6.07, 6.45) is 9.11. The van der Waals surface area contributed by atoms with Crippen molar-refractivity contribution in [1.82, 2.24) is 19.8 Å². The van der Waals surface area contributed by atoms with E-state index in [0.717, 1.165) is 57.9 Å². The lowest BCUT2D eigenvalue weighted by Gasteiger charge is -2.26. The van der Waals surface area contributed by atoms with E-state index in [1.807, 2.05) is 6.92 Å². The summed E-state index contributed by atoms with van der Waals surface area (Å²) in [6, 6.07) is 0.557. The molecule has 0 amide bonds. The van der Waals surface area contributed by atoms with Gasteiger partial charge in [0.15, 0.2) is 5.96 Å². The van der Waals surface area contributed by atoms with Gasteiger partial charge in [0.2, 0.25) is 10.0 Å². The first-order chi connectivity index (χ1) is 12.6. The molecule has 1 aliphatic carbocycles. The zero-order valence-electron chi connectivity index (χ0n) is 15.9. The molecule has 8 heteroatoms. The molecule has 1 unspecified atom stereocenters. The van der Waals surface area contributed by atoms with E-state index < -0.39 is 10.0 Å². The van der Waals surface area contributed by atoms with Crippen molar-refractivity contribution in [2.24, 2.45) is 10.9 Å². The molecule has 0 aromatic rings. The average Bonchev–Trinajstić information content (AvgIpc) is 3.23. The van der Waals surface area contributed by atoms with Crippen LogP contribution in [0.25, 0.3) is 0 Å². The number of likely N-dealkylation sites (tertiary alicyclic amines) is 1. The smallest absolute Gasteiger partial charge is 0.213 e. The maximum atomic E-state index is 12.1. The number of hydrogen-bond acceptors (Lipinski definition) is 4. The summed E-state index contributed by atoms with van der Waals surface area (Å²) in [4.78, 5) is 9.33. The summed E-state index contributed by atoms with van der Waals surface area (Å²) in [5.74, 6) is 1.44. The lowest BCUT2D eigenvalue weighted by molar-refractivity contribution is 0.259. The van der Waals surface area contributed by atoms with Gasteiger partial charge in [0.05, 0.1) is 12.3 Å². The molecule has 1 atom stereocenters. The van der Waals surface area contributed by atoms with Crippen molar-refractivity contribution in [2.45, 2.75) is 38.6 Å². The highest BCUT2D eigenvalue weighted by Crippen LogP contribution is 2.25. The van der Waals surface area contributed by atoms with E-state index in [2.05, 4.69) is 37.0 Å². The van der Waals surface area contributed by atoms with E-state index in [4.69, 9.17) is 0 Å². The largest absolute Gasteiger partial charge is 0.357 e. The van der Waals surface area contributed by atoms with E-state index >= 15 is 0 Å². The number of nitrogens with zero attached hydrogens (tertiary/aromatic N) is 3. The minimum absolute atomic E-state index is 0.0575. The van der Waals surface area contributed by atoms with E-state index in [0.29, 0.717) is 25.0 Å². The quantitative estimate of drug-likeness (QED) is 0.365. The van der Waals surface area contributed by atoms with Crippen LogP contribution in [0.4, 0.5) is 0 Å². The molecule has 148 valence electrons. The molecule has 2 heterocycles. The topological polar surface area (TPSA) is 77.0 Å². The van der Waals surface area contributed by atoms with Crippen LogP contribution in [0.5, 0.6) is 0 Å². The second-order valence-corrected chi connectivity index (χ2v) is 9.44. The maximum absolute atomic E-state index is 12.1. The third-order valence-electron chi connectivity index (χ3n) is 5.60. The average molecular weight is 384 g/mol. The molecule has 0 radical (unpaired) electrons. The SMILES string of the molecule is CCNC(=NCCS(=O)(=O)NCC1CCC1)N1CCC(N2CC=CC2)C1. The second kappa shape index (κ2) is 9.19. The van der Waals surface area contributed by atoms with Gasteiger partial charge in [0, 0.05) is 45.3 Å². The summed E-state index contributed by atoms with van der Waals surface area (Å²) < 4.78 is 27.0. The van der Waals surface area contributed by atoms with Crippen molar-refractivity contribution < 1.29 is 8.42 Å². The highest BCUT2D eigenvalue weighted by molar-refractivity contribution is 7.89. The first kappa shape index (κ1) is 19.6. The van der Waals surface area contributed by atoms with Crippen molar-refractivity contribution in [3.05, 3.63) is 12.2 Å². The second-order valence-electron chi connectivity index (χ2n) is 7.51. The van der Waals surface area contributed by atoms with Gasteiger partial charge >= 0.3 is 0 Å². The molecule has 0 bridgehead atoms. The summed E-state index contributed by atoms with van der Waals surface area (Å²) in [5.41, 5.74) is 0. The lowest BCUT2D eigenvalue weighted by atomic mass is 9.86. The van der Waals surface area contributed by atoms with Gasteiger partial charge in [-0.15, -0.1) is 0 Å². The molecular formula is C18H33N5O2S. The van der Waals surface area contributed by atoms with Crippen LogP contribution >= 0.6 is 0 Å². The standard InChI is InChI=1S/C18H33N5O2S/c1-2-19-18(23-12-8-17(15-23)22-10-3-4-11-22)20-9-13-26(24,25)21-14-16-6-5-7-16/h3-4,16-17,21H,2,5-15H2,1H3,(H,19,20). The van der Waals surface area contributed by atoms with Crippen molar-refractivity contribution in [1.29, 1.82) is 0 Å². The van der Waals surface area contributed by atoms with Crippen molar-refractivity contribution in [3.8, 4) is 0 Å². The lowest BCUT2D eigenvalue weighted by Crippen LogP contribution is -2.43. The van der Waals surface area contributed by atoms with Crippen molar-refractivity contribution >= 4 is 16.0 Å². The van der Waals surface area contributed by atoms with Crippen LogP contribution in [-0.4, -0.2) is 81.8 Å². The monoisotopic (exact) mass is 383 g/mol. The van der Waals surface area contributed by atoms with Crippen molar-refractivity contribution in [2.75, 3.05) is 51.6 Å². The molecule has 0 aromatic heterocycles. The van der Waals surface area contributed by atoms with Crippen LogP contribution in [0.1, 0.15) is 32.6 Å². The van der Waals surface area contributed by atoms with Gasteiger partial charge in [-0.25, -0.2) is 13.1 Å². The van der Waals surface area contributed by atoms with Crippen LogP contribution in [0.15, 0.2) is 17.1 Å². The molecule has 1 saturated carbocycles. The highest BCUT2D eigenvalue weighted by Gasteiger charge is 2.29. The highest BCUT2D eigenvalue weighted by atomic mass is 32.2. The molecule has 0 spiro atoms. The van der Waals surface area contributed by atoms with Gasteiger partial charge in [0.1, 0.15) is 0 Å². The summed E-state index contributed by atoms with van der Waals surface area (Å²) in [6.45, 7) is 7.73. The summed E-state index contributed by atoms with van der Waals surface area (Å²) in [5, 5.41) is 3.32. The van der Waals surface area contributed by atoms with E-state index in [1.165, 1.54) is 6.42 Å². The molecule has 1 saturated heterocycles. The third kappa shape index (κ3) is 5.44. The Balaban J connectivity index is 1.47. The minimum Gasteiger partial charge on any atom is -0.357 e. The first-order valence-electron chi connectivity index (χ1n) is 9.97. The van der Waals surface area contributed by atoms with Gasteiger partial charge in [0.25, 0.3) is 0 Å². The number of sulfonamides is 1. The van der Waals surface area contributed by atoms with E-state index in [1.54, 1.807) is 0 Å². The number of rotatable bonds is 8. The Bertz CT molecular complexity index is 607. The van der Waals surface area contributed by atoms with Gasteiger partial charge in [-0.05, 0) is 32.1 Å². The zero-order valence-corrected chi connectivity index (χ0v) is 16.7.